The van der Waals surface area contributed by atoms with E-state index in [4.69, 9.17) is 5.73 Å². The first-order chi connectivity index (χ1) is 8.49. The van der Waals surface area contributed by atoms with Crippen LogP contribution in [-0.2, 0) is 0 Å². The summed E-state index contributed by atoms with van der Waals surface area (Å²) in [7, 11) is 0. The maximum absolute atomic E-state index is 13.1. The number of hydrogen-bond acceptors (Lipinski definition) is 2. The predicted molar refractivity (Wildman–Crippen MR) is 65.4 cm³/mol. The van der Waals surface area contributed by atoms with Gasteiger partial charge in [0.2, 0.25) is 0 Å². The Kier molecular flexibility index (Phi) is 3.10. The number of aryl methyl sites for hydroxylation is 1. The van der Waals surface area contributed by atoms with E-state index in [2.05, 4.69) is 0 Å². The van der Waals surface area contributed by atoms with Crippen LogP contribution < -0.4 is 5.73 Å². The zero-order valence-corrected chi connectivity index (χ0v) is 9.71. The third kappa shape index (κ3) is 2.22. The van der Waals surface area contributed by atoms with E-state index in [1.54, 1.807) is 18.2 Å². The van der Waals surface area contributed by atoms with Gasteiger partial charge in [0.1, 0.15) is 0 Å². The van der Waals surface area contributed by atoms with Gasteiger partial charge in [0, 0.05) is 16.8 Å². The van der Waals surface area contributed by atoms with E-state index in [0.29, 0.717) is 11.3 Å². The molecule has 4 heteroatoms. The lowest BCUT2D eigenvalue weighted by atomic mass is 10.00. The average Bonchev–Trinajstić information content (AvgIpc) is 2.35. The summed E-state index contributed by atoms with van der Waals surface area (Å²) in [5.41, 5.74) is 7.26. The molecule has 2 N–H and O–H groups in total. The number of rotatable bonds is 2. The molecule has 0 saturated heterocycles. The van der Waals surface area contributed by atoms with Crippen LogP contribution in [0, 0.1) is 18.6 Å². The SMILES string of the molecule is Cc1ccc(N)c(C(=O)c2ccc(F)c(F)c2)c1. The highest BCUT2D eigenvalue weighted by atomic mass is 19.2. The zero-order chi connectivity index (χ0) is 13.3. The summed E-state index contributed by atoms with van der Waals surface area (Å²) in [4.78, 5) is 12.1. The van der Waals surface area contributed by atoms with Crippen molar-refractivity contribution < 1.29 is 13.6 Å². The third-order valence-electron chi connectivity index (χ3n) is 2.64. The molecule has 0 radical (unpaired) electrons. The Hall–Kier alpha value is -2.23. The fraction of sp³-hybridized carbons (Fsp3) is 0.0714. The number of carbonyl (C=O) groups is 1. The molecular weight excluding hydrogens is 236 g/mol. The Morgan fingerprint density at radius 1 is 1.06 bits per heavy atom. The first kappa shape index (κ1) is 12.2. The second-order valence-corrected chi connectivity index (χ2v) is 4.05. The van der Waals surface area contributed by atoms with Gasteiger partial charge in [-0.05, 0) is 37.3 Å². The van der Waals surface area contributed by atoms with Crippen molar-refractivity contribution in [1.29, 1.82) is 0 Å². The Morgan fingerprint density at radius 2 is 1.78 bits per heavy atom. The van der Waals surface area contributed by atoms with E-state index in [1.807, 2.05) is 6.92 Å². The van der Waals surface area contributed by atoms with Gasteiger partial charge in [-0.3, -0.25) is 4.79 Å². The summed E-state index contributed by atoms with van der Waals surface area (Å²) >= 11 is 0. The fourth-order valence-corrected chi connectivity index (χ4v) is 1.66. The molecule has 0 aliphatic heterocycles. The van der Waals surface area contributed by atoms with Gasteiger partial charge in [0.15, 0.2) is 17.4 Å². The molecule has 0 unspecified atom stereocenters. The van der Waals surface area contributed by atoms with Crippen molar-refractivity contribution in [2.24, 2.45) is 0 Å². The number of nitrogens with two attached hydrogens (primary N) is 1. The summed E-state index contributed by atoms with van der Waals surface area (Å²) in [5, 5.41) is 0. The highest BCUT2D eigenvalue weighted by molar-refractivity contribution is 6.12. The van der Waals surface area contributed by atoms with Gasteiger partial charge >= 0.3 is 0 Å². The summed E-state index contributed by atoms with van der Waals surface area (Å²) < 4.78 is 25.9. The first-order valence-corrected chi connectivity index (χ1v) is 5.35. The summed E-state index contributed by atoms with van der Waals surface area (Å²) in [5.74, 6) is -2.45. The molecule has 0 aromatic heterocycles. The minimum Gasteiger partial charge on any atom is -0.398 e. The molecule has 0 heterocycles. The van der Waals surface area contributed by atoms with Crippen molar-refractivity contribution in [1.82, 2.24) is 0 Å². The van der Waals surface area contributed by atoms with Crippen LogP contribution in [-0.4, -0.2) is 5.78 Å². The quantitative estimate of drug-likeness (QED) is 0.654. The zero-order valence-electron chi connectivity index (χ0n) is 9.71. The molecule has 0 spiro atoms. The van der Waals surface area contributed by atoms with Gasteiger partial charge in [0.25, 0.3) is 0 Å². The second-order valence-electron chi connectivity index (χ2n) is 4.05. The smallest absolute Gasteiger partial charge is 0.195 e. The second kappa shape index (κ2) is 4.56. The molecule has 0 saturated carbocycles. The van der Waals surface area contributed by atoms with Crippen molar-refractivity contribution in [2.75, 3.05) is 5.73 Å². The maximum atomic E-state index is 13.1. The van der Waals surface area contributed by atoms with E-state index >= 15 is 0 Å². The van der Waals surface area contributed by atoms with Gasteiger partial charge < -0.3 is 5.73 Å². The normalized spacial score (nSPS) is 10.4. The van der Waals surface area contributed by atoms with E-state index in [0.717, 1.165) is 17.7 Å². The van der Waals surface area contributed by atoms with Crippen molar-refractivity contribution in [2.45, 2.75) is 6.92 Å². The lowest BCUT2D eigenvalue weighted by Gasteiger charge is -2.06. The molecule has 0 aliphatic rings. The summed E-state index contributed by atoms with van der Waals surface area (Å²) in [6.45, 7) is 1.82. The number of ketones is 1. The van der Waals surface area contributed by atoms with E-state index in [1.165, 1.54) is 6.07 Å². The third-order valence-corrected chi connectivity index (χ3v) is 2.64. The van der Waals surface area contributed by atoms with Crippen LogP contribution in [0.25, 0.3) is 0 Å². The van der Waals surface area contributed by atoms with Gasteiger partial charge in [-0.25, -0.2) is 8.78 Å². The molecule has 0 amide bonds. The summed E-state index contributed by atoms with van der Waals surface area (Å²) in [6, 6.07) is 8.05. The summed E-state index contributed by atoms with van der Waals surface area (Å²) in [6.07, 6.45) is 0. The standard InChI is InChI=1S/C14H11F2NO/c1-8-2-5-13(17)10(6-8)14(18)9-3-4-11(15)12(16)7-9/h2-7H,17H2,1H3. The van der Waals surface area contributed by atoms with Gasteiger partial charge in [-0.2, -0.15) is 0 Å². The average molecular weight is 247 g/mol. The number of nitrogen functional groups attached to an aromatic ring is 1. The fourth-order valence-electron chi connectivity index (χ4n) is 1.66. The highest BCUT2D eigenvalue weighted by Crippen LogP contribution is 2.19. The van der Waals surface area contributed by atoms with Crippen LogP contribution in [0.5, 0.6) is 0 Å². The van der Waals surface area contributed by atoms with E-state index in [-0.39, 0.29) is 5.56 Å². The number of carbonyl (C=O) groups excluding carboxylic acids is 1. The van der Waals surface area contributed by atoms with Gasteiger partial charge in [-0.15, -0.1) is 0 Å². The van der Waals surface area contributed by atoms with E-state index in [9.17, 15) is 13.6 Å². The van der Waals surface area contributed by atoms with Crippen molar-refractivity contribution in [3.63, 3.8) is 0 Å². The highest BCUT2D eigenvalue weighted by Gasteiger charge is 2.14. The van der Waals surface area contributed by atoms with Gasteiger partial charge in [-0.1, -0.05) is 11.6 Å². The van der Waals surface area contributed by atoms with Gasteiger partial charge in [0.05, 0.1) is 0 Å². The first-order valence-electron chi connectivity index (χ1n) is 5.35. The minimum absolute atomic E-state index is 0.0752. The van der Waals surface area contributed by atoms with Crippen LogP contribution in [0.1, 0.15) is 21.5 Å². The minimum atomic E-state index is -1.05. The lowest BCUT2D eigenvalue weighted by Crippen LogP contribution is -2.06. The van der Waals surface area contributed by atoms with Crippen LogP contribution >= 0.6 is 0 Å². The molecule has 18 heavy (non-hydrogen) atoms. The number of halogens is 2. The molecule has 0 fully saturated rings. The lowest BCUT2D eigenvalue weighted by molar-refractivity contribution is 0.103. The maximum Gasteiger partial charge on any atom is 0.195 e. The van der Waals surface area contributed by atoms with Crippen LogP contribution in [0.2, 0.25) is 0 Å². The molecule has 2 aromatic rings. The molecule has 0 aliphatic carbocycles. The van der Waals surface area contributed by atoms with Crippen LogP contribution in [0.3, 0.4) is 0 Å². The molecule has 92 valence electrons. The largest absolute Gasteiger partial charge is 0.398 e. The Morgan fingerprint density at radius 3 is 2.44 bits per heavy atom. The molecule has 0 bridgehead atoms. The molecule has 2 aromatic carbocycles. The molecule has 0 atom stereocenters. The Bertz CT molecular complexity index is 623. The van der Waals surface area contributed by atoms with E-state index < -0.39 is 17.4 Å². The number of hydrogen-bond donors (Lipinski definition) is 1. The van der Waals surface area contributed by atoms with Crippen molar-refractivity contribution >= 4 is 11.5 Å². The predicted octanol–water partition coefficient (Wildman–Crippen LogP) is 3.09. The Labute approximate surface area is 103 Å². The number of anilines is 1. The van der Waals surface area contributed by atoms with Crippen LogP contribution in [0.15, 0.2) is 36.4 Å². The monoisotopic (exact) mass is 247 g/mol. The van der Waals surface area contributed by atoms with Crippen molar-refractivity contribution in [3.05, 3.63) is 64.7 Å². The molecule has 2 rings (SSSR count). The molecule has 2 nitrogen and oxygen atoms in total. The molecular formula is C14H11F2NO. The van der Waals surface area contributed by atoms with Crippen LogP contribution in [0.4, 0.5) is 14.5 Å². The number of benzene rings is 2. The Balaban J connectivity index is 2.47. The van der Waals surface area contributed by atoms with Crippen molar-refractivity contribution in [3.8, 4) is 0 Å². The topological polar surface area (TPSA) is 43.1 Å².